The normalized spacial score (nSPS) is 25.8. The van der Waals surface area contributed by atoms with E-state index in [4.69, 9.17) is 9.57 Å². The van der Waals surface area contributed by atoms with Gasteiger partial charge in [0.25, 0.3) is 5.91 Å². The first-order chi connectivity index (χ1) is 15.6. The van der Waals surface area contributed by atoms with Gasteiger partial charge in [-0.05, 0) is 19.5 Å². The van der Waals surface area contributed by atoms with Gasteiger partial charge >= 0.3 is 0 Å². The summed E-state index contributed by atoms with van der Waals surface area (Å²) in [6, 6.07) is 2.62. The molecule has 32 heavy (non-hydrogen) atoms. The van der Waals surface area contributed by atoms with Gasteiger partial charge in [-0.1, -0.05) is 0 Å². The third kappa shape index (κ3) is 3.16. The number of anilines is 1. The Morgan fingerprint density at radius 2 is 2.19 bits per heavy atom. The third-order valence-corrected chi connectivity index (χ3v) is 6.28. The molecule has 0 aliphatic carbocycles. The number of hydrogen-bond donors (Lipinski definition) is 1. The summed E-state index contributed by atoms with van der Waals surface area (Å²) in [5.74, 6) is 0.129. The number of hydroxylamine groups is 1. The fourth-order valence-electron chi connectivity index (χ4n) is 4.64. The summed E-state index contributed by atoms with van der Waals surface area (Å²) in [7, 11) is 2.00. The van der Waals surface area contributed by atoms with E-state index in [0.717, 1.165) is 12.7 Å². The van der Waals surface area contributed by atoms with E-state index in [-0.39, 0.29) is 24.1 Å². The number of piperidine rings is 1. The zero-order valence-electron chi connectivity index (χ0n) is 17.4. The number of carbonyl (C=O) groups is 1. The van der Waals surface area contributed by atoms with Gasteiger partial charge in [-0.15, -0.1) is 0 Å². The number of halogens is 1. The number of amides is 1. The fourth-order valence-corrected chi connectivity index (χ4v) is 4.64. The summed E-state index contributed by atoms with van der Waals surface area (Å²) in [5, 5.41) is 9.00. The average Bonchev–Trinajstić information content (AvgIpc) is 3.43. The monoisotopic (exact) mass is 439 g/mol. The molecule has 3 aromatic heterocycles. The molecule has 3 atom stereocenters. The average molecular weight is 439 g/mol. The van der Waals surface area contributed by atoms with Crippen LogP contribution in [0.4, 0.5) is 10.2 Å². The predicted molar refractivity (Wildman–Crippen MR) is 111 cm³/mol. The highest BCUT2D eigenvalue weighted by atomic mass is 19.1. The van der Waals surface area contributed by atoms with Crippen LogP contribution in [0.5, 0.6) is 5.88 Å². The Bertz CT molecular complexity index is 1200. The van der Waals surface area contributed by atoms with Crippen LogP contribution in [0.2, 0.25) is 0 Å². The Balaban J connectivity index is 1.53. The highest BCUT2D eigenvalue weighted by Crippen LogP contribution is 2.38. The van der Waals surface area contributed by atoms with Crippen molar-refractivity contribution in [3.63, 3.8) is 0 Å². The second-order valence-electron chi connectivity index (χ2n) is 8.41. The number of nitrogens with one attached hydrogen (secondary N) is 1. The molecule has 0 aromatic carbocycles. The van der Waals surface area contributed by atoms with Crippen LogP contribution >= 0.6 is 0 Å². The van der Waals surface area contributed by atoms with Crippen molar-refractivity contribution < 1.29 is 18.8 Å². The van der Waals surface area contributed by atoms with Gasteiger partial charge in [0.15, 0.2) is 11.5 Å². The maximum absolute atomic E-state index is 14.3. The molecule has 0 spiro atoms. The van der Waals surface area contributed by atoms with Gasteiger partial charge in [0, 0.05) is 37.3 Å². The van der Waals surface area contributed by atoms with E-state index in [2.05, 4.69) is 25.3 Å². The minimum atomic E-state index is -0.449. The summed E-state index contributed by atoms with van der Waals surface area (Å²) >= 11 is 0. The van der Waals surface area contributed by atoms with Crippen LogP contribution in [0.25, 0.3) is 5.65 Å². The summed E-state index contributed by atoms with van der Waals surface area (Å²) in [5.41, 5.74) is 1.40. The van der Waals surface area contributed by atoms with Crippen LogP contribution < -0.4 is 15.1 Å². The molecule has 1 amide bonds. The second-order valence-corrected chi connectivity index (χ2v) is 8.41. The number of likely N-dealkylation sites (tertiary alicyclic amines) is 1. The quantitative estimate of drug-likeness (QED) is 0.561. The maximum atomic E-state index is 14.3. The molecule has 1 N–H and O–H groups in total. The lowest BCUT2D eigenvalue weighted by molar-refractivity contribution is 0.0578. The lowest BCUT2D eigenvalue weighted by Crippen LogP contribution is -2.55. The van der Waals surface area contributed by atoms with Crippen LogP contribution in [-0.2, 0) is 4.84 Å². The lowest BCUT2D eigenvalue weighted by atomic mass is 10.0. The van der Waals surface area contributed by atoms with E-state index in [1.165, 1.54) is 12.3 Å². The topological polar surface area (TPSA) is 97.1 Å². The van der Waals surface area contributed by atoms with E-state index >= 15 is 0 Å². The van der Waals surface area contributed by atoms with Crippen molar-refractivity contribution in [2.75, 3.05) is 31.8 Å². The van der Waals surface area contributed by atoms with Crippen molar-refractivity contribution in [2.24, 2.45) is 0 Å². The van der Waals surface area contributed by atoms with Crippen molar-refractivity contribution in [2.45, 2.75) is 31.0 Å². The largest absolute Gasteiger partial charge is 0.471 e. The molecular formula is C21H22FN7O3. The summed E-state index contributed by atoms with van der Waals surface area (Å²) < 4.78 is 22.2. The summed E-state index contributed by atoms with van der Waals surface area (Å²) in [4.78, 5) is 30.1. The maximum Gasteiger partial charge on any atom is 0.257 e. The highest BCUT2D eigenvalue weighted by molar-refractivity contribution is 6.00. The minimum absolute atomic E-state index is 0.242. The summed E-state index contributed by atoms with van der Waals surface area (Å²) in [6.45, 7) is 1.86. The molecule has 6 rings (SSSR count). The molecule has 6 heterocycles. The van der Waals surface area contributed by atoms with E-state index < -0.39 is 5.82 Å². The van der Waals surface area contributed by atoms with Crippen LogP contribution in [0.3, 0.4) is 0 Å². The van der Waals surface area contributed by atoms with Gasteiger partial charge in [-0.25, -0.2) is 23.9 Å². The van der Waals surface area contributed by atoms with E-state index in [1.807, 2.05) is 7.05 Å². The van der Waals surface area contributed by atoms with Crippen molar-refractivity contribution in [3.8, 4) is 5.88 Å². The van der Waals surface area contributed by atoms with Crippen molar-refractivity contribution in [1.29, 1.82) is 0 Å². The first-order valence-corrected chi connectivity index (χ1v) is 10.6. The Labute approximate surface area is 182 Å². The fraction of sp³-hybridized carbons (Fsp3) is 0.429. The molecule has 11 heteroatoms. The van der Waals surface area contributed by atoms with Gasteiger partial charge < -0.3 is 15.0 Å². The first kappa shape index (κ1) is 19.4. The molecule has 166 valence electrons. The Morgan fingerprint density at radius 1 is 1.28 bits per heavy atom. The van der Waals surface area contributed by atoms with Crippen molar-refractivity contribution >= 4 is 17.4 Å². The number of aromatic nitrogens is 4. The number of fused-ring (bicyclic) bond motifs is 6. The van der Waals surface area contributed by atoms with Crippen LogP contribution in [0.15, 0.2) is 30.7 Å². The standard InChI is InChI=1S/C21H22FN7O3/c1-27-5-2-15-17(11-27)32-21-13(8-12(22)9-23-21)16-4-7-31-29(16)18-3-6-28-19(26-18)14(10-24-28)20(30)25-15/h3,6,8-10,15-17H,2,4-5,7,11H2,1H3,(H,25,30). The third-order valence-electron chi connectivity index (χ3n) is 6.28. The van der Waals surface area contributed by atoms with Gasteiger partial charge in [-0.3, -0.25) is 9.63 Å². The van der Waals surface area contributed by atoms with E-state index in [9.17, 15) is 9.18 Å². The molecular weight excluding hydrogens is 417 g/mol. The zero-order valence-corrected chi connectivity index (χ0v) is 17.4. The SMILES string of the molecule is CN1CCC2NC(=O)c3cnn4ccc(nc34)N3OCCC3c3cc(F)cnc3OC2C1. The van der Waals surface area contributed by atoms with E-state index in [1.54, 1.807) is 21.8 Å². The molecule has 3 aliphatic rings. The molecule has 10 nitrogen and oxygen atoms in total. The number of likely N-dealkylation sites (N-methyl/N-ethyl adjacent to an activating group) is 1. The molecule has 2 fully saturated rings. The smallest absolute Gasteiger partial charge is 0.257 e. The second kappa shape index (κ2) is 7.38. The van der Waals surface area contributed by atoms with Crippen LogP contribution in [0, 0.1) is 5.82 Å². The lowest BCUT2D eigenvalue weighted by Gasteiger charge is -2.37. The Morgan fingerprint density at radius 3 is 3.09 bits per heavy atom. The highest BCUT2D eigenvalue weighted by Gasteiger charge is 2.37. The van der Waals surface area contributed by atoms with E-state index in [0.29, 0.717) is 54.5 Å². The number of hydrogen-bond acceptors (Lipinski definition) is 8. The number of carbonyl (C=O) groups excluding carboxylic acids is 1. The molecule has 3 unspecified atom stereocenters. The Kier molecular flexibility index (Phi) is 4.47. The van der Waals surface area contributed by atoms with Gasteiger partial charge in [0.2, 0.25) is 5.88 Å². The minimum Gasteiger partial charge on any atom is -0.471 e. The molecule has 0 radical (unpaired) electrons. The van der Waals surface area contributed by atoms with Crippen molar-refractivity contribution in [1.82, 2.24) is 29.8 Å². The first-order valence-electron chi connectivity index (χ1n) is 10.6. The zero-order chi connectivity index (χ0) is 21.8. The summed E-state index contributed by atoms with van der Waals surface area (Å²) in [6.07, 6.45) is 5.37. The predicted octanol–water partition coefficient (Wildman–Crippen LogP) is 1.34. The molecule has 0 saturated carbocycles. The van der Waals surface area contributed by atoms with Gasteiger partial charge in [-0.2, -0.15) is 5.10 Å². The van der Waals surface area contributed by atoms with Gasteiger partial charge in [0.05, 0.1) is 31.1 Å². The number of rotatable bonds is 0. The molecule has 3 aromatic rings. The Hall–Kier alpha value is -3.31. The molecule has 2 bridgehead atoms. The van der Waals surface area contributed by atoms with Crippen molar-refractivity contribution in [3.05, 3.63) is 47.7 Å². The van der Waals surface area contributed by atoms with Crippen LogP contribution in [-0.4, -0.2) is 69.3 Å². The van der Waals surface area contributed by atoms with Crippen LogP contribution in [0.1, 0.15) is 34.8 Å². The number of ether oxygens (including phenoxy) is 1. The molecule has 2 saturated heterocycles. The van der Waals surface area contributed by atoms with Gasteiger partial charge in [0.1, 0.15) is 17.5 Å². The molecule has 3 aliphatic heterocycles. The number of pyridine rings is 1. The number of nitrogens with zero attached hydrogens (tertiary/aromatic N) is 6.